The average Bonchev–Trinajstić information content (AvgIpc) is 2.53. The van der Waals surface area contributed by atoms with Gasteiger partial charge in [0.05, 0.1) is 22.6 Å². The highest BCUT2D eigenvalue weighted by Gasteiger charge is 2.36. The molecule has 1 fully saturated rings. The van der Waals surface area contributed by atoms with Crippen LogP contribution in [0.1, 0.15) is 25.0 Å². The number of carbonyl (C=O) groups is 1. The Labute approximate surface area is 144 Å². The minimum Gasteiger partial charge on any atom is -0.481 e. The molecule has 8 heteroatoms. The molecule has 1 aliphatic rings. The van der Waals surface area contributed by atoms with Gasteiger partial charge in [0.2, 0.25) is 0 Å². The van der Waals surface area contributed by atoms with Crippen LogP contribution in [-0.2, 0) is 11.0 Å². The average molecular weight is 355 g/mol. The number of rotatable bonds is 4. The molecule has 0 radical (unpaired) electrons. The van der Waals surface area contributed by atoms with E-state index in [2.05, 4.69) is 0 Å². The molecule has 0 amide bonds. The number of carboxylic acids is 1. The van der Waals surface area contributed by atoms with Gasteiger partial charge in [0.1, 0.15) is 0 Å². The Bertz CT molecular complexity index is 687. The molecule has 0 aliphatic carbocycles. The summed E-state index contributed by atoms with van der Waals surface area (Å²) in [6.07, 6.45) is -4.54. The molecule has 0 saturated carbocycles. The minimum absolute atomic E-state index is 0.0297. The van der Waals surface area contributed by atoms with Crippen LogP contribution >= 0.6 is 0 Å². The van der Waals surface area contributed by atoms with E-state index in [0.717, 1.165) is 6.07 Å². The van der Waals surface area contributed by atoms with E-state index in [1.807, 2.05) is 4.90 Å². The molecular weight excluding hydrogens is 335 g/mol. The van der Waals surface area contributed by atoms with E-state index in [9.17, 15) is 23.1 Å². The second-order valence-corrected chi connectivity index (χ2v) is 6.79. The lowest BCUT2D eigenvalue weighted by atomic mass is 9.93. The van der Waals surface area contributed by atoms with Crippen molar-refractivity contribution in [2.24, 2.45) is 5.41 Å². The van der Waals surface area contributed by atoms with Crippen molar-refractivity contribution in [2.45, 2.75) is 20.0 Å². The maximum absolute atomic E-state index is 13.3. The van der Waals surface area contributed by atoms with E-state index in [4.69, 9.17) is 5.26 Å². The van der Waals surface area contributed by atoms with E-state index >= 15 is 0 Å². The molecule has 1 heterocycles. The van der Waals surface area contributed by atoms with Crippen molar-refractivity contribution in [3.05, 3.63) is 29.3 Å². The summed E-state index contributed by atoms with van der Waals surface area (Å²) in [5, 5.41) is 18.0. The van der Waals surface area contributed by atoms with Crippen LogP contribution in [0.3, 0.4) is 0 Å². The number of alkyl halides is 3. The van der Waals surface area contributed by atoms with Crippen LogP contribution < -0.4 is 4.90 Å². The van der Waals surface area contributed by atoms with Gasteiger partial charge in [0.15, 0.2) is 0 Å². The Morgan fingerprint density at radius 2 is 1.84 bits per heavy atom. The monoisotopic (exact) mass is 355 g/mol. The second kappa shape index (κ2) is 6.92. The lowest BCUT2D eigenvalue weighted by molar-refractivity contribution is -0.148. The van der Waals surface area contributed by atoms with Gasteiger partial charge in [-0.1, -0.05) is 0 Å². The van der Waals surface area contributed by atoms with Crippen molar-refractivity contribution in [1.29, 1.82) is 5.26 Å². The molecule has 1 aromatic carbocycles. The van der Waals surface area contributed by atoms with E-state index in [1.165, 1.54) is 12.1 Å². The fraction of sp³-hybridized carbons (Fsp3) is 0.529. The van der Waals surface area contributed by atoms with Crippen LogP contribution in [0.5, 0.6) is 0 Å². The van der Waals surface area contributed by atoms with Gasteiger partial charge in [-0.25, -0.2) is 0 Å². The first-order chi connectivity index (χ1) is 11.5. The van der Waals surface area contributed by atoms with Gasteiger partial charge in [-0.2, -0.15) is 18.4 Å². The summed E-state index contributed by atoms with van der Waals surface area (Å²) in [6, 6.07) is 5.31. The number of hydrogen-bond donors (Lipinski definition) is 1. The maximum atomic E-state index is 13.3. The molecule has 5 nitrogen and oxygen atoms in total. The summed E-state index contributed by atoms with van der Waals surface area (Å²) in [4.78, 5) is 14.8. The number of aliphatic carboxylic acids is 1. The highest BCUT2D eigenvalue weighted by atomic mass is 19.4. The summed E-state index contributed by atoms with van der Waals surface area (Å²) in [7, 11) is 0. The zero-order valence-corrected chi connectivity index (χ0v) is 14.1. The fourth-order valence-corrected chi connectivity index (χ4v) is 2.88. The normalized spacial score (nSPS) is 16.6. The number of carboxylic acid groups (broad SMARTS) is 1. The van der Waals surface area contributed by atoms with Crippen molar-refractivity contribution in [3.63, 3.8) is 0 Å². The Morgan fingerprint density at radius 3 is 2.32 bits per heavy atom. The first-order valence-electron chi connectivity index (χ1n) is 7.86. The zero-order valence-electron chi connectivity index (χ0n) is 14.1. The number of nitriles is 1. The topological polar surface area (TPSA) is 67.6 Å². The number of benzene rings is 1. The molecule has 1 N–H and O–H groups in total. The molecule has 2 rings (SSSR count). The molecule has 1 aromatic rings. The molecule has 1 aliphatic heterocycles. The molecule has 1 saturated heterocycles. The highest BCUT2D eigenvalue weighted by Crippen LogP contribution is 2.37. The number of anilines is 1. The molecule has 0 aromatic heterocycles. The number of nitrogens with zero attached hydrogens (tertiary/aromatic N) is 3. The molecule has 25 heavy (non-hydrogen) atoms. The van der Waals surface area contributed by atoms with Crippen LogP contribution in [0.2, 0.25) is 0 Å². The minimum atomic E-state index is -4.54. The highest BCUT2D eigenvalue weighted by molar-refractivity contribution is 5.73. The van der Waals surface area contributed by atoms with Crippen LogP contribution in [-0.4, -0.2) is 48.7 Å². The van der Waals surface area contributed by atoms with Crippen molar-refractivity contribution in [1.82, 2.24) is 4.90 Å². The van der Waals surface area contributed by atoms with Gasteiger partial charge in [0.25, 0.3) is 0 Å². The molecule has 136 valence electrons. The van der Waals surface area contributed by atoms with E-state index in [0.29, 0.717) is 32.7 Å². The van der Waals surface area contributed by atoms with Crippen molar-refractivity contribution in [2.75, 3.05) is 37.6 Å². The Hall–Kier alpha value is -2.27. The third-order valence-corrected chi connectivity index (χ3v) is 4.34. The number of hydrogen-bond acceptors (Lipinski definition) is 4. The van der Waals surface area contributed by atoms with Crippen LogP contribution in [0.4, 0.5) is 18.9 Å². The second-order valence-electron chi connectivity index (χ2n) is 6.79. The Balaban J connectivity index is 2.13. The van der Waals surface area contributed by atoms with E-state index < -0.39 is 23.1 Å². The summed E-state index contributed by atoms with van der Waals surface area (Å²) in [5.41, 5.74) is -1.69. The zero-order chi connectivity index (χ0) is 18.8. The van der Waals surface area contributed by atoms with Gasteiger partial charge >= 0.3 is 12.1 Å². The van der Waals surface area contributed by atoms with Crippen LogP contribution in [0.25, 0.3) is 0 Å². The van der Waals surface area contributed by atoms with Gasteiger partial charge in [0, 0.05) is 38.4 Å². The smallest absolute Gasteiger partial charge is 0.418 e. The summed E-state index contributed by atoms with van der Waals surface area (Å²) in [5.74, 6) is -0.902. The standard InChI is InChI=1S/C17H20F3N3O2/c1-16(2,15(24)25)11-22-5-7-23(8-6-22)14-4-3-12(10-21)9-13(14)17(18,19)20/h3-4,9H,5-8,11H2,1-2H3,(H,24,25). The van der Waals surface area contributed by atoms with Gasteiger partial charge < -0.3 is 10.0 Å². The van der Waals surface area contributed by atoms with Gasteiger partial charge in [-0.15, -0.1) is 0 Å². The molecule has 0 spiro atoms. The molecule has 0 bridgehead atoms. The fourth-order valence-electron chi connectivity index (χ4n) is 2.88. The quantitative estimate of drug-likeness (QED) is 0.900. The maximum Gasteiger partial charge on any atom is 0.418 e. The SMILES string of the molecule is CC(C)(CN1CCN(c2ccc(C#N)cc2C(F)(F)F)CC1)C(=O)O. The van der Waals surface area contributed by atoms with E-state index in [1.54, 1.807) is 24.8 Å². The lowest BCUT2D eigenvalue weighted by Gasteiger charge is -2.39. The molecule has 0 atom stereocenters. The number of piperazine rings is 1. The number of halogens is 3. The van der Waals surface area contributed by atoms with Crippen molar-refractivity contribution < 1.29 is 23.1 Å². The first kappa shape index (κ1) is 19.1. The van der Waals surface area contributed by atoms with Crippen molar-refractivity contribution >= 4 is 11.7 Å². The molecular formula is C17H20F3N3O2. The van der Waals surface area contributed by atoms with Crippen LogP contribution in [0, 0.1) is 16.7 Å². The summed E-state index contributed by atoms with van der Waals surface area (Å²) >= 11 is 0. The van der Waals surface area contributed by atoms with Gasteiger partial charge in [-0.3, -0.25) is 9.69 Å². The van der Waals surface area contributed by atoms with E-state index in [-0.39, 0.29) is 11.3 Å². The third kappa shape index (κ3) is 4.42. The molecule has 0 unspecified atom stereocenters. The van der Waals surface area contributed by atoms with Crippen molar-refractivity contribution in [3.8, 4) is 6.07 Å². The van der Waals surface area contributed by atoms with Gasteiger partial charge in [-0.05, 0) is 32.0 Å². The van der Waals surface area contributed by atoms with Crippen LogP contribution in [0.15, 0.2) is 18.2 Å². The largest absolute Gasteiger partial charge is 0.481 e. The predicted octanol–water partition coefficient (Wildman–Crippen LogP) is 2.81. The Morgan fingerprint density at radius 1 is 1.24 bits per heavy atom. The first-order valence-corrected chi connectivity index (χ1v) is 7.86. The lowest BCUT2D eigenvalue weighted by Crippen LogP contribution is -2.50. The summed E-state index contributed by atoms with van der Waals surface area (Å²) in [6.45, 7) is 5.29. The predicted molar refractivity (Wildman–Crippen MR) is 86.2 cm³/mol. The Kier molecular flexibility index (Phi) is 5.28. The summed E-state index contributed by atoms with van der Waals surface area (Å²) < 4.78 is 39.9. The third-order valence-electron chi connectivity index (χ3n) is 4.34.